The summed E-state index contributed by atoms with van der Waals surface area (Å²) in [5.74, 6) is 1.05. The first-order valence-corrected chi connectivity index (χ1v) is 12.0. The summed E-state index contributed by atoms with van der Waals surface area (Å²) in [6.45, 7) is 20.4. The Balaban J connectivity index is 1.82. The molecule has 3 nitrogen and oxygen atoms in total. The van der Waals surface area contributed by atoms with Gasteiger partial charge in [-0.05, 0) is 62.6 Å². The van der Waals surface area contributed by atoms with E-state index >= 15 is 0 Å². The second-order valence-electron chi connectivity index (χ2n) is 10.7. The molecule has 0 bridgehead atoms. The number of aromatic nitrogens is 1. The summed E-state index contributed by atoms with van der Waals surface area (Å²) in [6.07, 6.45) is 2.28. The van der Waals surface area contributed by atoms with E-state index < -0.39 is 0 Å². The van der Waals surface area contributed by atoms with Gasteiger partial charge in [0.1, 0.15) is 6.17 Å². The number of hydrogen-bond donors (Lipinski definition) is 0. The average molecular weight is 438 g/mol. The number of benzene rings is 2. The molecule has 5 rings (SSSR count). The summed E-state index contributed by atoms with van der Waals surface area (Å²) in [5.41, 5.74) is 8.31. The third-order valence-electron chi connectivity index (χ3n) is 8.31. The first-order valence-electron chi connectivity index (χ1n) is 12.0. The van der Waals surface area contributed by atoms with E-state index in [1.807, 2.05) is 0 Å². The van der Waals surface area contributed by atoms with Crippen molar-refractivity contribution in [1.82, 2.24) is 4.98 Å². The van der Waals surface area contributed by atoms with Crippen LogP contribution >= 0.6 is 0 Å². The summed E-state index contributed by atoms with van der Waals surface area (Å²) in [5, 5.41) is 0. The van der Waals surface area contributed by atoms with Crippen molar-refractivity contribution < 1.29 is 0 Å². The van der Waals surface area contributed by atoms with Gasteiger partial charge in [-0.25, -0.2) is 4.98 Å². The zero-order valence-corrected chi connectivity index (χ0v) is 21.0. The van der Waals surface area contributed by atoms with Crippen LogP contribution in [0.15, 0.2) is 67.3 Å². The molecule has 2 atom stereocenters. The Kier molecular flexibility index (Phi) is 4.76. The third kappa shape index (κ3) is 2.78. The lowest BCUT2D eigenvalue weighted by Gasteiger charge is -2.57. The Labute approximate surface area is 198 Å². The van der Waals surface area contributed by atoms with Crippen LogP contribution < -0.4 is 9.80 Å². The van der Waals surface area contributed by atoms with E-state index in [0.717, 1.165) is 11.5 Å². The second kappa shape index (κ2) is 7.21. The molecule has 3 heterocycles. The maximum Gasteiger partial charge on any atom is 0.159 e. The van der Waals surface area contributed by atoms with Crippen molar-refractivity contribution in [2.24, 2.45) is 5.41 Å². The first kappa shape index (κ1) is 21.8. The fraction of sp³-hybridized carbons (Fsp3) is 0.367. The molecule has 0 fully saturated rings. The molecular weight excluding hydrogens is 402 g/mol. The van der Waals surface area contributed by atoms with E-state index in [-0.39, 0.29) is 17.0 Å². The van der Waals surface area contributed by atoms with Crippen LogP contribution in [0.5, 0.6) is 0 Å². The maximum absolute atomic E-state index is 5.36. The van der Waals surface area contributed by atoms with Crippen molar-refractivity contribution in [2.45, 2.75) is 66.1 Å². The van der Waals surface area contributed by atoms with Crippen LogP contribution in [0.2, 0.25) is 0 Å². The molecule has 170 valence electrons. The summed E-state index contributed by atoms with van der Waals surface area (Å²) in [6, 6.07) is 20.1. The predicted octanol–water partition coefficient (Wildman–Crippen LogP) is 7.54. The largest absolute Gasteiger partial charge is 0.345 e. The van der Waals surface area contributed by atoms with Crippen LogP contribution in [-0.4, -0.2) is 17.2 Å². The summed E-state index contributed by atoms with van der Waals surface area (Å²) < 4.78 is 0. The predicted molar refractivity (Wildman–Crippen MR) is 140 cm³/mol. The summed E-state index contributed by atoms with van der Waals surface area (Å²) >= 11 is 0. The highest BCUT2D eigenvalue weighted by atomic mass is 15.5. The standard InChI is InChI=1S/C30H35N3/c1-9-30(8)28-32(19(2)3)25-18-17-23(26-20(4)13-12-14-21(26)5)31-27(25)33(28)24-16-11-10-15-22(24)29(30,6)7/h9-19,28H,1H2,2-8H3. The number of rotatable bonds is 3. The Morgan fingerprint density at radius 1 is 0.909 bits per heavy atom. The molecule has 3 heteroatoms. The Bertz CT molecular complexity index is 1230. The molecule has 0 N–H and O–H groups in total. The van der Waals surface area contributed by atoms with Gasteiger partial charge in [-0.2, -0.15) is 0 Å². The maximum atomic E-state index is 5.36. The van der Waals surface area contributed by atoms with Gasteiger partial charge < -0.3 is 9.80 Å². The number of hydrogen-bond acceptors (Lipinski definition) is 3. The van der Waals surface area contributed by atoms with E-state index in [0.29, 0.717) is 6.04 Å². The molecule has 2 aliphatic rings. The summed E-state index contributed by atoms with van der Waals surface area (Å²) in [4.78, 5) is 10.4. The number of anilines is 3. The minimum Gasteiger partial charge on any atom is -0.345 e. The zero-order chi connectivity index (χ0) is 23.7. The quantitative estimate of drug-likeness (QED) is 0.395. The Morgan fingerprint density at radius 3 is 2.21 bits per heavy atom. The van der Waals surface area contributed by atoms with Gasteiger partial charge in [0, 0.05) is 28.1 Å². The molecule has 0 aliphatic carbocycles. The SMILES string of the molecule is C=CC1(C)C2N(c3ccccc3C1(C)C)c1nc(-c3c(C)cccc3C)ccc1N2C(C)C. The first-order chi connectivity index (χ1) is 15.6. The Hall–Kier alpha value is -3.07. The zero-order valence-electron chi connectivity index (χ0n) is 21.0. The van der Waals surface area contributed by atoms with Gasteiger partial charge in [-0.1, -0.05) is 63.2 Å². The van der Waals surface area contributed by atoms with Crippen LogP contribution in [0.3, 0.4) is 0 Å². The van der Waals surface area contributed by atoms with E-state index in [2.05, 4.69) is 126 Å². The Morgan fingerprint density at radius 2 is 1.58 bits per heavy atom. The normalized spacial score (nSPS) is 22.7. The minimum absolute atomic E-state index is 0.0862. The van der Waals surface area contributed by atoms with Crippen LogP contribution in [-0.2, 0) is 5.41 Å². The van der Waals surface area contributed by atoms with Gasteiger partial charge in [-0.15, -0.1) is 6.58 Å². The topological polar surface area (TPSA) is 19.4 Å². The molecule has 2 unspecified atom stereocenters. The molecule has 3 aromatic rings. The van der Waals surface area contributed by atoms with Crippen molar-refractivity contribution in [3.05, 3.63) is 83.9 Å². The molecule has 1 aromatic heterocycles. The number of nitrogens with zero attached hydrogens (tertiary/aromatic N) is 3. The van der Waals surface area contributed by atoms with Gasteiger partial charge >= 0.3 is 0 Å². The van der Waals surface area contributed by atoms with Crippen molar-refractivity contribution in [3.8, 4) is 11.3 Å². The number of aryl methyl sites for hydroxylation is 2. The van der Waals surface area contributed by atoms with E-state index in [9.17, 15) is 0 Å². The minimum atomic E-state index is -0.189. The van der Waals surface area contributed by atoms with Gasteiger partial charge in [0.25, 0.3) is 0 Å². The molecule has 2 aliphatic heterocycles. The van der Waals surface area contributed by atoms with E-state index in [1.165, 1.54) is 33.6 Å². The average Bonchev–Trinajstić information content (AvgIpc) is 3.13. The highest BCUT2D eigenvalue weighted by molar-refractivity contribution is 5.87. The van der Waals surface area contributed by atoms with Crippen LogP contribution in [0, 0.1) is 19.3 Å². The number of para-hydroxylation sites is 1. The van der Waals surface area contributed by atoms with Crippen molar-refractivity contribution >= 4 is 17.2 Å². The van der Waals surface area contributed by atoms with Gasteiger partial charge in [0.2, 0.25) is 0 Å². The number of pyridine rings is 1. The fourth-order valence-electron chi connectivity index (χ4n) is 6.10. The third-order valence-corrected chi connectivity index (χ3v) is 8.31. The highest BCUT2D eigenvalue weighted by Crippen LogP contribution is 2.61. The highest BCUT2D eigenvalue weighted by Gasteiger charge is 2.59. The van der Waals surface area contributed by atoms with E-state index in [4.69, 9.17) is 4.98 Å². The summed E-state index contributed by atoms with van der Waals surface area (Å²) in [7, 11) is 0. The van der Waals surface area contributed by atoms with Crippen molar-refractivity contribution in [2.75, 3.05) is 9.80 Å². The fourth-order valence-corrected chi connectivity index (χ4v) is 6.10. The van der Waals surface area contributed by atoms with E-state index in [1.54, 1.807) is 0 Å². The molecule has 0 saturated heterocycles. The van der Waals surface area contributed by atoms with Crippen LogP contribution in [0.4, 0.5) is 17.2 Å². The van der Waals surface area contributed by atoms with Gasteiger partial charge in [-0.3, -0.25) is 0 Å². The number of fused-ring (bicyclic) bond motifs is 5. The molecule has 2 aromatic carbocycles. The van der Waals surface area contributed by atoms with Crippen molar-refractivity contribution in [1.29, 1.82) is 0 Å². The monoisotopic (exact) mass is 437 g/mol. The lowest BCUT2D eigenvalue weighted by Crippen LogP contribution is -2.62. The van der Waals surface area contributed by atoms with Crippen LogP contribution in [0.25, 0.3) is 11.3 Å². The van der Waals surface area contributed by atoms with Gasteiger partial charge in [0.15, 0.2) is 5.82 Å². The molecule has 0 spiro atoms. The lowest BCUT2D eigenvalue weighted by atomic mass is 9.58. The molecule has 33 heavy (non-hydrogen) atoms. The van der Waals surface area contributed by atoms with Crippen LogP contribution in [0.1, 0.15) is 51.3 Å². The smallest absolute Gasteiger partial charge is 0.159 e. The van der Waals surface area contributed by atoms with Crippen molar-refractivity contribution in [3.63, 3.8) is 0 Å². The molecule has 0 amide bonds. The second-order valence-corrected chi connectivity index (χ2v) is 10.7. The lowest BCUT2D eigenvalue weighted by molar-refractivity contribution is 0.173. The molecule has 0 saturated carbocycles. The molecular formula is C30H35N3. The molecule has 0 radical (unpaired) electrons. The van der Waals surface area contributed by atoms with Gasteiger partial charge in [0.05, 0.1) is 11.4 Å².